The van der Waals surface area contributed by atoms with Gasteiger partial charge < -0.3 is 24.8 Å². The molecule has 1 heterocycles. The molecular weight excluding hydrogens is 372 g/mol. The first-order valence-corrected chi connectivity index (χ1v) is 9.00. The van der Waals surface area contributed by atoms with Gasteiger partial charge in [0.15, 0.2) is 23.0 Å². The third-order valence-electron chi connectivity index (χ3n) is 3.99. The molecule has 1 aromatic heterocycles. The molecule has 2 N–H and O–H groups in total. The number of hydrogen-bond acceptors (Lipinski definition) is 7. The summed E-state index contributed by atoms with van der Waals surface area (Å²) in [5.74, 6) is 1.93. The molecule has 0 aliphatic rings. The molecule has 3 rings (SSSR count). The highest BCUT2D eigenvalue weighted by molar-refractivity contribution is 6.03. The lowest BCUT2D eigenvalue weighted by atomic mass is 10.2. The lowest BCUT2D eigenvalue weighted by Gasteiger charge is -2.12. The maximum atomic E-state index is 12.5. The van der Waals surface area contributed by atoms with E-state index < -0.39 is 0 Å². The first-order chi connectivity index (χ1) is 14.1. The molecule has 0 fully saturated rings. The fourth-order valence-corrected chi connectivity index (χ4v) is 2.62. The number of benzene rings is 2. The van der Waals surface area contributed by atoms with Crippen LogP contribution in [0.25, 0.3) is 0 Å². The Balaban J connectivity index is 1.69. The Morgan fingerprint density at radius 3 is 2.41 bits per heavy atom. The largest absolute Gasteiger partial charge is 0.493 e. The van der Waals surface area contributed by atoms with Crippen LogP contribution in [0.3, 0.4) is 0 Å². The standard InChI is InChI=1S/C21H22N4O4/c1-4-29-17-8-6-5-7-15(17)23-20-12-10-16(24-25-20)21(26)22-14-9-11-18(27-2)19(13-14)28-3/h5-13H,4H2,1-3H3,(H,22,26)(H,23,25). The van der Waals surface area contributed by atoms with E-state index in [0.717, 1.165) is 5.69 Å². The van der Waals surface area contributed by atoms with Gasteiger partial charge in [0.25, 0.3) is 5.91 Å². The van der Waals surface area contributed by atoms with Gasteiger partial charge in [0, 0.05) is 11.8 Å². The Morgan fingerprint density at radius 1 is 0.931 bits per heavy atom. The van der Waals surface area contributed by atoms with Crippen molar-refractivity contribution in [2.75, 3.05) is 31.5 Å². The molecule has 0 spiro atoms. The van der Waals surface area contributed by atoms with Gasteiger partial charge in [-0.3, -0.25) is 4.79 Å². The van der Waals surface area contributed by atoms with Crippen molar-refractivity contribution in [2.24, 2.45) is 0 Å². The minimum Gasteiger partial charge on any atom is -0.493 e. The Morgan fingerprint density at radius 2 is 1.72 bits per heavy atom. The number of hydrogen-bond donors (Lipinski definition) is 2. The molecule has 0 unspecified atom stereocenters. The van der Waals surface area contributed by atoms with Crippen LogP contribution in [0, 0.1) is 0 Å². The Labute approximate surface area is 168 Å². The molecular formula is C21H22N4O4. The number of nitrogens with one attached hydrogen (secondary N) is 2. The van der Waals surface area contributed by atoms with Crippen molar-refractivity contribution in [3.05, 3.63) is 60.3 Å². The average molecular weight is 394 g/mol. The highest BCUT2D eigenvalue weighted by atomic mass is 16.5. The molecule has 3 aromatic rings. The van der Waals surface area contributed by atoms with E-state index in [0.29, 0.717) is 35.4 Å². The topological polar surface area (TPSA) is 94.6 Å². The van der Waals surface area contributed by atoms with Crippen LogP contribution in [0.2, 0.25) is 0 Å². The lowest BCUT2D eigenvalue weighted by molar-refractivity contribution is 0.102. The van der Waals surface area contributed by atoms with E-state index in [9.17, 15) is 4.79 Å². The van der Waals surface area contributed by atoms with Crippen LogP contribution in [0.4, 0.5) is 17.2 Å². The molecule has 1 amide bonds. The van der Waals surface area contributed by atoms with Gasteiger partial charge in [-0.1, -0.05) is 12.1 Å². The molecule has 2 aromatic carbocycles. The molecule has 0 saturated heterocycles. The van der Waals surface area contributed by atoms with E-state index in [1.807, 2.05) is 31.2 Å². The van der Waals surface area contributed by atoms with Crippen LogP contribution in [0.15, 0.2) is 54.6 Å². The fraction of sp³-hybridized carbons (Fsp3) is 0.190. The van der Waals surface area contributed by atoms with Gasteiger partial charge in [-0.05, 0) is 43.3 Å². The summed E-state index contributed by atoms with van der Waals surface area (Å²) in [4.78, 5) is 12.5. The van der Waals surface area contributed by atoms with Gasteiger partial charge in [0.05, 0.1) is 26.5 Å². The monoisotopic (exact) mass is 394 g/mol. The van der Waals surface area contributed by atoms with E-state index >= 15 is 0 Å². The Hall–Kier alpha value is -3.81. The molecule has 0 saturated carbocycles. The van der Waals surface area contributed by atoms with Crippen LogP contribution < -0.4 is 24.8 Å². The van der Waals surface area contributed by atoms with E-state index in [1.54, 1.807) is 37.4 Å². The summed E-state index contributed by atoms with van der Waals surface area (Å²) in [6.45, 7) is 2.47. The first-order valence-electron chi connectivity index (χ1n) is 9.00. The van der Waals surface area contributed by atoms with Crippen LogP contribution in [0.1, 0.15) is 17.4 Å². The molecule has 0 bridgehead atoms. The minimum atomic E-state index is -0.383. The summed E-state index contributed by atoms with van der Waals surface area (Å²) in [6, 6.07) is 15.9. The van der Waals surface area contributed by atoms with Gasteiger partial charge in [-0.15, -0.1) is 10.2 Å². The predicted octanol–water partition coefficient (Wildman–Crippen LogP) is 3.89. The number of anilines is 3. The van der Waals surface area contributed by atoms with Gasteiger partial charge in [-0.25, -0.2) is 0 Å². The number of para-hydroxylation sites is 2. The van der Waals surface area contributed by atoms with Crippen LogP contribution in [-0.2, 0) is 0 Å². The zero-order valence-electron chi connectivity index (χ0n) is 16.4. The lowest BCUT2D eigenvalue weighted by Crippen LogP contribution is -2.14. The number of carbonyl (C=O) groups excluding carboxylic acids is 1. The summed E-state index contributed by atoms with van der Waals surface area (Å²) < 4.78 is 16.0. The number of rotatable bonds is 8. The third-order valence-corrected chi connectivity index (χ3v) is 3.99. The highest BCUT2D eigenvalue weighted by Gasteiger charge is 2.12. The molecule has 8 heteroatoms. The number of methoxy groups -OCH3 is 2. The molecule has 29 heavy (non-hydrogen) atoms. The zero-order valence-corrected chi connectivity index (χ0v) is 16.4. The maximum absolute atomic E-state index is 12.5. The number of amides is 1. The van der Waals surface area contributed by atoms with Gasteiger partial charge in [0.1, 0.15) is 5.75 Å². The molecule has 0 aliphatic heterocycles. The van der Waals surface area contributed by atoms with Crippen molar-refractivity contribution in [1.29, 1.82) is 0 Å². The van der Waals surface area contributed by atoms with Crippen LogP contribution in [0.5, 0.6) is 17.2 Å². The molecule has 150 valence electrons. The molecule has 8 nitrogen and oxygen atoms in total. The second-order valence-corrected chi connectivity index (χ2v) is 5.88. The molecule has 0 radical (unpaired) electrons. The number of nitrogens with zero attached hydrogens (tertiary/aromatic N) is 2. The zero-order chi connectivity index (χ0) is 20.6. The Bertz CT molecular complexity index is 977. The summed E-state index contributed by atoms with van der Waals surface area (Å²) in [5.41, 5.74) is 1.51. The third kappa shape index (κ3) is 4.92. The summed E-state index contributed by atoms with van der Waals surface area (Å²) in [6.07, 6.45) is 0. The smallest absolute Gasteiger partial charge is 0.276 e. The van der Waals surface area contributed by atoms with Crippen molar-refractivity contribution in [1.82, 2.24) is 10.2 Å². The van der Waals surface area contributed by atoms with E-state index in [2.05, 4.69) is 20.8 Å². The quantitative estimate of drug-likeness (QED) is 0.598. The predicted molar refractivity (Wildman–Crippen MR) is 110 cm³/mol. The SMILES string of the molecule is CCOc1ccccc1Nc1ccc(C(=O)Nc2ccc(OC)c(OC)c2)nn1. The molecule has 0 atom stereocenters. The fourth-order valence-electron chi connectivity index (χ4n) is 2.62. The van der Waals surface area contributed by atoms with Crippen LogP contribution in [-0.4, -0.2) is 36.9 Å². The first kappa shape index (κ1) is 19.9. The van der Waals surface area contributed by atoms with Gasteiger partial charge in [-0.2, -0.15) is 0 Å². The highest BCUT2D eigenvalue weighted by Crippen LogP contribution is 2.30. The van der Waals surface area contributed by atoms with Crippen molar-refractivity contribution < 1.29 is 19.0 Å². The maximum Gasteiger partial charge on any atom is 0.276 e. The van der Waals surface area contributed by atoms with E-state index in [4.69, 9.17) is 14.2 Å². The summed E-state index contributed by atoms with van der Waals surface area (Å²) in [7, 11) is 3.08. The normalized spacial score (nSPS) is 10.2. The average Bonchev–Trinajstić information content (AvgIpc) is 2.75. The van der Waals surface area contributed by atoms with Crippen molar-refractivity contribution in [2.45, 2.75) is 6.92 Å². The minimum absolute atomic E-state index is 0.184. The number of ether oxygens (including phenoxy) is 3. The van der Waals surface area contributed by atoms with Gasteiger partial charge >= 0.3 is 0 Å². The van der Waals surface area contributed by atoms with Crippen molar-refractivity contribution in [3.8, 4) is 17.2 Å². The summed E-state index contributed by atoms with van der Waals surface area (Å²) in [5, 5.41) is 14.0. The number of aromatic nitrogens is 2. The second kappa shape index (κ2) is 9.41. The number of carbonyl (C=O) groups is 1. The Kier molecular flexibility index (Phi) is 6.47. The summed E-state index contributed by atoms with van der Waals surface area (Å²) >= 11 is 0. The van der Waals surface area contributed by atoms with E-state index in [1.165, 1.54) is 7.11 Å². The van der Waals surface area contributed by atoms with E-state index in [-0.39, 0.29) is 11.6 Å². The van der Waals surface area contributed by atoms with Gasteiger partial charge in [0.2, 0.25) is 0 Å². The van der Waals surface area contributed by atoms with Crippen molar-refractivity contribution >= 4 is 23.1 Å². The van der Waals surface area contributed by atoms with Crippen molar-refractivity contribution in [3.63, 3.8) is 0 Å². The second-order valence-electron chi connectivity index (χ2n) is 5.88. The van der Waals surface area contributed by atoms with Crippen LogP contribution >= 0.6 is 0 Å². The molecule has 0 aliphatic carbocycles.